The van der Waals surface area contributed by atoms with E-state index in [9.17, 15) is 23.1 Å². The number of nitrogens with zero attached hydrogens (tertiary/aromatic N) is 3. The summed E-state index contributed by atoms with van der Waals surface area (Å²) in [6.07, 6.45) is 0.560. The molecule has 3 N–H and O–H groups in total. The molecule has 2 bridgehead atoms. The molecular formula is C21H22F3N5O2. The van der Waals surface area contributed by atoms with Crippen LogP contribution in [0.2, 0.25) is 0 Å². The fourth-order valence-corrected chi connectivity index (χ4v) is 4.73. The Morgan fingerprint density at radius 1 is 1.16 bits per heavy atom. The Balaban J connectivity index is 1.41. The van der Waals surface area contributed by atoms with Crippen LogP contribution in [0.3, 0.4) is 0 Å². The Kier molecular flexibility index (Phi) is 4.76. The number of carbonyl (C=O) groups is 1. The van der Waals surface area contributed by atoms with Crippen molar-refractivity contribution in [1.29, 1.82) is 0 Å². The maximum absolute atomic E-state index is 13.4. The van der Waals surface area contributed by atoms with Gasteiger partial charge in [-0.2, -0.15) is 18.2 Å². The monoisotopic (exact) mass is 433 g/mol. The van der Waals surface area contributed by atoms with Crippen LogP contribution in [0.25, 0.3) is 0 Å². The zero-order valence-electron chi connectivity index (χ0n) is 16.6. The molecule has 5 rings (SSSR count). The summed E-state index contributed by atoms with van der Waals surface area (Å²) in [5.74, 6) is -0.438. The van der Waals surface area contributed by atoms with Gasteiger partial charge in [-0.15, -0.1) is 0 Å². The average Bonchev–Trinajstić information content (AvgIpc) is 3.26. The first-order chi connectivity index (χ1) is 14.8. The number of aliphatic hydroxyl groups is 1. The Hall–Kier alpha value is -2.88. The molecule has 31 heavy (non-hydrogen) atoms. The van der Waals surface area contributed by atoms with Crippen molar-refractivity contribution in [2.24, 2.45) is 0 Å². The predicted octanol–water partition coefficient (Wildman–Crippen LogP) is 3.91. The van der Waals surface area contributed by atoms with Crippen LogP contribution in [0.15, 0.2) is 24.4 Å². The minimum absolute atomic E-state index is 0.00515. The molecular weight excluding hydrogens is 411 g/mol. The number of nitrogens with one attached hydrogen (secondary N) is 2. The minimum atomic E-state index is -4.54. The van der Waals surface area contributed by atoms with Gasteiger partial charge in [-0.05, 0) is 55.4 Å². The van der Waals surface area contributed by atoms with Crippen molar-refractivity contribution in [2.75, 3.05) is 17.2 Å². The van der Waals surface area contributed by atoms with E-state index >= 15 is 0 Å². The molecule has 0 radical (unpaired) electrons. The van der Waals surface area contributed by atoms with E-state index in [1.54, 1.807) is 11.0 Å². The molecule has 1 aromatic heterocycles. The summed E-state index contributed by atoms with van der Waals surface area (Å²) in [6.45, 7) is -0.526. The van der Waals surface area contributed by atoms with E-state index < -0.39 is 18.3 Å². The van der Waals surface area contributed by atoms with Gasteiger partial charge >= 0.3 is 6.18 Å². The smallest absolute Gasteiger partial charge is 0.387 e. The molecule has 3 aliphatic rings. The molecule has 2 aromatic rings. The van der Waals surface area contributed by atoms with Crippen molar-refractivity contribution in [1.82, 2.24) is 14.9 Å². The molecule has 1 aliphatic carbocycles. The van der Waals surface area contributed by atoms with Gasteiger partial charge in [-0.3, -0.25) is 4.79 Å². The van der Waals surface area contributed by atoms with Gasteiger partial charge in [0, 0.05) is 17.9 Å². The lowest BCUT2D eigenvalue weighted by Crippen LogP contribution is -2.30. The van der Waals surface area contributed by atoms with Crippen molar-refractivity contribution in [2.45, 2.75) is 56.4 Å². The highest BCUT2D eigenvalue weighted by molar-refractivity contribution is 5.80. The number of aromatic nitrogens is 2. The first-order valence-electron chi connectivity index (χ1n) is 10.4. The number of amides is 1. The highest BCUT2D eigenvalue weighted by atomic mass is 19.4. The van der Waals surface area contributed by atoms with Crippen LogP contribution in [0.5, 0.6) is 0 Å². The molecule has 1 aromatic carbocycles. The second kappa shape index (κ2) is 7.37. The lowest BCUT2D eigenvalue weighted by atomic mass is 9.91. The van der Waals surface area contributed by atoms with Crippen LogP contribution in [-0.2, 0) is 11.0 Å². The highest BCUT2D eigenvalue weighted by Crippen LogP contribution is 2.53. The minimum Gasteiger partial charge on any atom is -0.387 e. The third-order valence-electron chi connectivity index (χ3n) is 6.41. The second-order valence-corrected chi connectivity index (χ2v) is 8.26. The molecule has 7 nitrogen and oxygen atoms in total. The van der Waals surface area contributed by atoms with Crippen LogP contribution in [0.4, 0.5) is 30.6 Å². The van der Waals surface area contributed by atoms with Crippen molar-refractivity contribution in [3.8, 4) is 0 Å². The van der Waals surface area contributed by atoms with Crippen LogP contribution < -0.4 is 10.6 Å². The number of fused-ring (bicyclic) bond motifs is 5. The zero-order chi connectivity index (χ0) is 21.8. The number of alkyl halides is 3. The first-order valence-corrected chi connectivity index (χ1v) is 10.4. The van der Waals surface area contributed by atoms with Gasteiger partial charge in [-0.25, -0.2) is 4.98 Å². The standard InChI is InChI=1S/C21H22F3N5O2/c22-21(23,24)15-9-25-20(28-19(15)26-11-2-1-3-11)27-12-4-5-13-14(8-12)17-7-6-16(13)29(17)18(31)10-30/h4-5,8-9,11,16-17,30H,1-3,6-7,10H2,(H2,25,26,27,28)/t16-,17+/m0/s1. The van der Waals surface area contributed by atoms with Gasteiger partial charge in [-0.1, -0.05) is 6.07 Å². The maximum Gasteiger partial charge on any atom is 0.421 e. The summed E-state index contributed by atoms with van der Waals surface area (Å²) in [6, 6.07) is 5.48. The lowest BCUT2D eigenvalue weighted by Gasteiger charge is -2.28. The second-order valence-electron chi connectivity index (χ2n) is 8.26. The van der Waals surface area contributed by atoms with Gasteiger partial charge in [0.2, 0.25) is 11.9 Å². The Labute approximate surface area is 176 Å². The largest absolute Gasteiger partial charge is 0.421 e. The topological polar surface area (TPSA) is 90.4 Å². The molecule has 2 atom stereocenters. The maximum atomic E-state index is 13.4. The van der Waals surface area contributed by atoms with Crippen molar-refractivity contribution in [3.63, 3.8) is 0 Å². The predicted molar refractivity (Wildman–Crippen MR) is 107 cm³/mol. The van der Waals surface area contributed by atoms with Gasteiger partial charge in [0.05, 0.1) is 12.1 Å². The van der Waals surface area contributed by atoms with E-state index in [0.717, 1.165) is 49.4 Å². The zero-order valence-corrected chi connectivity index (χ0v) is 16.6. The molecule has 1 saturated carbocycles. The summed E-state index contributed by atoms with van der Waals surface area (Å²) < 4.78 is 40.1. The molecule has 10 heteroatoms. The molecule has 164 valence electrons. The molecule has 1 amide bonds. The van der Waals surface area contributed by atoms with Gasteiger partial charge in [0.15, 0.2) is 0 Å². The van der Waals surface area contributed by atoms with Crippen LogP contribution in [0, 0.1) is 0 Å². The van der Waals surface area contributed by atoms with E-state index in [1.807, 2.05) is 12.1 Å². The number of rotatable bonds is 5. The Morgan fingerprint density at radius 3 is 2.55 bits per heavy atom. The van der Waals surface area contributed by atoms with Crippen LogP contribution >= 0.6 is 0 Å². The van der Waals surface area contributed by atoms with Crippen LogP contribution in [0.1, 0.15) is 60.9 Å². The summed E-state index contributed by atoms with van der Waals surface area (Å²) in [4.78, 5) is 21.8. The SMILES string of the molecule is O=C(CO)N1[C@@H]2CC[C@H]1c1ccc(Nc3ncc(C(F)(F)F)c(NC4CCC4)n3)cc12. The lowest BCUT2D eigenvalue weighted by molar-refractivity contribution is -0.137. The first kappa shape index (κ1) is 20.0. The third-order valence-corrected chi connectivity index (χ3v) is 6.41. The molecule has 0 unspecified atom stereocenters. The summed E-state index contributed by atoms with van der Waals surface area (Å²) in [5, 5.41) is 15.2. The van der Waals surface area contributed by atoms with Gasteiger partial charge < -0.3 is 20.6 Å². The fourth-order valence-electron chi connectivity index (χ4n) is 4.73. The van der Waals surface area contributed by atoms with Crippen LogP contribution in [-0.4, -0.2) is 38.5 Å². The summed E-state index contributed by atoms with van der Waals surface area (Å²) >= 11 is 0. The molecule has 2 aliphatic heterocycles. The number of hydrogen-bond acceptors (Lipinski definition) is 6. The molecule has 1 saturated heterocycles. The number of halogens is 3. The molecule has 2 fully saturated rings. The molecule has 0 spiro atoms. The van der Waals surface area contributed by atoms with Crippen molar-refractivity contribution < 1.29 is 23.1 Å². The fraction of sp³-hybridized carbons (Fsp3) is 0.476. The van der Waals surface area contributed by atoms with Crippen molar-refractivity contribution in [3.05, 3.63) is 41.1 Å². The number of benzene rings is 1. The summed E-state index contributed by atoms with van der Waals surface area (Å²) in [7, 11) is 0. The van der Waals surface area contributed by atoms with E-state index in [1.165, 1.54) is 0 Å². The Bertz CT molecular complexity index is 1020. The average molecular weight is 433 g/mol. The van der Waals surface area contributed by atoms with E-state index in [-0.39, 0.29) is 35.8 Å². The number of anilines is 3. The molecule has 3 heterocycles. The quantitative estimate of drug-likeness (QED) is 0.662. The number of carbonyl (C=O) groups excluding carboxylic acids is 1. The normalized spacial score (nSPS) is 22.3. The van der Waals surface area contributed by atoms with E-state index in [2.05, 4.69) is 20.6 Å². The number of hydrogen-bond donors (Lipinski definition) is 3. The van der Waals surface area contributed by atoms with Gasteiger partial charge in [0.25, 0.3) is 0 Å². The van der Waals surface area contributed by atoms with Gasteiger partial charge in [0.1, 0.15) is 18.0 Å². The van der Waals surface area contributed by atoms with E-state index in [0.29, 0.717) is 5.69 Å². The Morgan fingerprint density at radius 2 is 1.90 bits per heavy atom. The highest BCUT2D eigenvalue weighted by Gasteiger charge is 2.46. The van der Waals surface area contributed by atoms with E-state index in [4.69, 9.17) is 0 Å². The summed E-state index contributed by atoms with van der Waals surface area (Å²) in [5.41, 5.74) is 1.79. The van der Waals surface area contributed by atoms with Crippen molar-refractivity contribution >= 4 is 23.4 Å². The third kappa shape index (κ3) is 3.48. The number of aliphatic hydroxyl groups excluding tert-OH is 1.